The molecule has 0 spiro atoms. The van der Waals surface area contributed by atoms with Crippen molar-refractivity contribution < 1.29 is 24.2 Å². The quantitative estimate of drug-likeness (QED) is 0.263. The number of hydrogen-bond acceptors (Lipinski definition) is 6. The average Bonchev–Trinajstić information content (AvgIpc) is 3.14. The summed E-state index contributed by atoms with van der Waals surface area (Å²) in [5, 5.41) is 14.2. The fraction of sp³-hybridized carbons (Fsp3) is 0.241. The first-order valence-electron chi connectivity index (χ1n) is 12.1. The van der Waals surface area contributed by atoms with Crippen molar-refractivity contribution in [2.45, 2.75) is 39.7 Å². The topological polar surface area (TPSA) is 109 Å². The van der Waals surface area contributed by atoms with Gasteiger partial charge in [-0.25, -0.2) is 0 Å². The molecule has 0 radical (unpaired) electrons. The molecule has 8 nitrogen and oxygen atoms in total. The Morgan fingerprint density at radius 1 is 1.11 bits per heavy atom. The molecular weight excluding hydrogens is 470 g/mol. The summed E-state index contributed by atoms with van der Waals surface area (Å²) >= 11 is 0. The molecule has 0 bridgehead atoms. The van der Waals surface area contributed by atoms with Crippen molar-refractivity contribution in [3.05, 3.63) is 89.3 Å². The van der Waals surface area contributed by atoms with Gasteiger partial charge in [-0.1, -0.05) is 26.0 Å². The second-order valence-corrected chi connectivity index (χ2v) is 9.00. The monoisotopic (exact) mass is 499 g/mol. The Bertz CT molecular complexity index is 1380. The van der Waals surface area contributed by atoms with Gasteiger partial charge in [-0.15, -0.1) is 0 Å². The molecule has 1 aliphatic heterocycles. The molecule has 2 aromatic carbocycles. The minimum atomic E-state index is -0.970. The van der Waals surface area contributed by atoms with Gasteiger partial charge in [0.1, 0.15) is 17.6 Å². The molecule has 0 aliphatic carbocycles. The number of aliphatic hydroxyl groups excluding tert-OH is 1. The number of carbonyl (C=O) groups is 3. The maximum absolute atomic E-state index is 13.4. The molecule has 1 unspecified atom stereocenters. The molecule has 8 heteroatoms. The normalized spacial score (nSPS) is 16.8. The van der Waals surface area contributed by atoms with Crippen LogP contribution in [0.3, 0.4) is 0 Å². The summed E-state index contributed by atoms with van der Waals surface area (Å²) in [6.07, 6.45) is 1.57. The minimum absolute atomic E-state index is 0.0625. The van der Waals surface area contributed by atoms with Crippen LogP contribution in [-0.2, 0) is 14.4 Å². The average molecular weight is 500 g/mol. The summed E-state index contributed by atoms with van der Waals surface area (Å²) in [7, 11) is 0. The zero-order valence-corrected chi connectivity index (χ0v) is 21.2. The Balaban J connectivity index is 1.90. The van der Waals surface area contributed by atoms with E-state index in [0.717, 1.165) is 5.56 Å². The number of ketones is 1. The standard InChI is InChI=1S/C29H29N3O5/c1-5-37-24-13-12-19(15-22(24)17(2)3)27(34)25-26(23-11-6-7-14-30-23)32(29(36)28(25)35)21-10-8-9-20(16-21)31-18(4)33/h6-17,26,34H,5H2,1-4H3,(H,31,33)/b27-25-. The highest BCUT2D eigenvalue weighted by Crippen LogP contribution is 2.42. The number of nitrogens with zero attached hydrogens (tertiary/aromatic N) is 2. The second-order valence-electron chi connectivity index (χ2n) is 9.00. The summed E-state index contributed by atoms with van der Waals surface area (Å²) < 4.78 is 5.73. The van der Waals surface area contributed by atoms with Crippen LogP contribution >= 0.6 is 0 Å². The van der Waals surface area contributed by atoms with Gasteiger partial charge in [0.25, 0.3) is 11.7 Å². The van der Waals surface area contributed by atoms with Crippen LogP contribution in [-0.4, -0.2) is 34.3 Å². The molecule has 1 saturated heterocycles. The van der Waals surface area contributed by atoms with E-state index in [9.17, 15) is 19.5 Å². The number of hydrogen-bond donors (Lipinski definition) is 2. The SMILES string of the molecule is CCOc1ccc(/C(O)=C2/C(=O)C(=O)N(c3cccc(NC(C)=O)c3)C2c2ccccn2)cc1C(C)C. The summed E-state index contributed by atoms with van der Waals surface area (Å²) in [4.78, 5) is 44.1. The number of Topliss-reactive ketones (excluding diaryl/α,β-unsaturated/α-hetero) is 1. The first-order valence-corrected chi connectivity index (χ1v) is 12.1. The lowest BCUT2D eigenvalue weighted by atomic mass is 9.94. The van der Waals surface area contributed by atoms with Gasteiger partial charge in [0, 0.05) is 30.1 Å². The Morgan fingerprint density at radius 3 is 2.54 bits per heavy atom. The largest absolute Gasteiger partial charge is 0.507 e. The van der Waals surface area contributed by atoms with E-state index in [4.69, 9.17) is 4.74 Å². The van der Waals surface area contributed by atoms with Crippen molar-refractivity contribution in [3.8, 4) is 5.75 Å². The van der Waals surface area contributed by atoms with E-state index >= 15 is 0 Å². The molecule has 1 atom stereocenters. The van der Waals surface area contributed by atoms with Crippen LogP contribution in [0.25, 0.3) is 5.76 Å². The van der Waals surface area contributed by atoms with Crippen molar-refractivity contribution in [2.24, 2.45) is 0 Å². The van der Waals surface area contributed by atoms with E-state index in [1.54, 1.807) is 66.9 Å². The number of amides is 2. The van der Waals surface area contributed by atoms with Gasteiger partial charge in [-0.05, 0) is 66.9 Å². The number of ether oxygens (including phenoxy) is 1. The van der Waals surface area contributed by atoms with Crippen LogP contribution < -0.4 is 15.0 Å². The van der Waals surface area contributed by atoms with Crippen molar-refractivity contribution in [1.29, 1.82) is 0 Å². The molecule has 37 heavy (non-hydrogen) atoms. The summed E-state index contributed by atoms with van der Waals surface area (Å²) in [5.41, 5.74) is 2.49. The van der Waals surface area contributed by atoms with Crippen LogP contribution in [0.2, 0.25) is 0 Å². The predicted octanol–water partition coefficient (Wildman–Crippen LogP) is 5.19. The van der Waals surface area contributed by atoms with E-state index < -0.39 is 17.7 Å². The highest BCUT2D eigenvalue weighted by molar-refractivity contribution is 6.51. The van der Waals surface area contributed by atoms with Crippen LogP contribution in [0.1, 0.15) is 56.5 Å². The van der Waals surface area contributed by atoms with E-state index in [2.05, 4.69) is 10.3 Å². The lowest BCUT2D eigenvalue weighted by Crippen LogP contribution is -2.30. The van der Waals surface area contributed by atoms with Gasteiger partial charge in [-0.3, -0.25) is 24.3 Å². The van der Waals surface area contributed by atoms with Gasteiger partial charge < -0.3 is 15.2 Å². The molecule has 0 saturated carbocycles. The number of aliphatic hydroxyl groups is 1. The zero-order chi connectivity index (χ0) is 26.7. The summed E-state index contributed by atoms with van der Waals surface area (Å²) in [6, 6.07) is 16.1. The maximum atomic E-state index is 13.4. The van der Waals surface area contributed by atoms with Gasteiger partial charge in [0.15, 0.2) is 0 Å². The molecule has 1 fully saturated rings. The first kappa shape index (κ1) is 25.6. The van der Waals surface area contributed by atoms with E-state index in [1.807, 2.05) is 20.8 Å². The zero-order valence-electron chi connectivity index (χ0n) is 21.2. The van der Waals surface area contributed by atoms with Gasteiger partial charge >= 0.3 is 0 Å². The molecule has 1 aromatic heterocycles. The Hall–Kier alpha value is -4.46. The number of rotatable bonds is 7. The molecule has 2 heterocycles. The number of aromatic nitrogens is 1. The van der Waals surface area contributed by atoms with Crippen molar-refractivity contribution >= 4 is 34.7 Å². The van der Waals surface area contributed by atoms with Gasteiger partial charge in [0.2, 0.25) is 5.91 Å². The molecule has 190 valence electrons. The number of carbonyl (C=O) groups excluding carboxylic acids is 3. The first-order chi connectivity index (χ1) is 17.7. The fourth-order valence-corrected chi connectivity index (χ4v) is 4.44. The summed E-state index contributed by atoms with van der Waals surface area (Å²) in [6.45, 7) is 7.79. The third-order valence-corrected chi connectivity index (χ3v) is 6.06. The van der Waals surface area contributed by atoms with Crippen LogP contribution in [0, 0.1) is 0 Å². The highest BCUT2D eigenvalue weighted by atomic mass is 16.5. The fourth-order valence-electron chi connectivity index (χ4n) is 4.44. The number of nitrogens with one attached hydrogen (secondary N) is 1. The smallest absolute Gasteiger partial charge is 0.300 e. The van der Waals surface area contributed by atoms with Crippen molar-refractivity contribution in [2.75, 3.05) is 16.8 Å². The molecule has 2 N–H and O–H groups in total. The van der Waals surface area contributed by atoms with Crippen LogP contribution in [0.15, 0.2) is 72.4 Å². The molecular formula is C29H29N3O5. The maximum Gasteiger partial charge on any atom is 0.300 e. The number of anilines is 2. The van der Waals surface area contributed by atoms with Crippen molar-refractivity contribution in [1.82, 2.24) is 4.98 Å². The Kier molecular flexibility index (Phi) is 7.38. The molecule has 4 rings (SSSR count). The lowest BCUT2D eigenvalue weighted by Gasteiger charge is -2.25. The minimum Gasteiger partial charge on any atom is -0.507 e. The lowest BCUT2D eigenvalue weighted by molar-refractivity contribution is -0.132. The molecule has 1 aliphatic rings. The third kappa shape index (κ3) is 5.09. The van der Waals surface area contributed by atoms with Gasteiger partial charge in [-0.2, -0.15) is 0 Å². The predicted molar refractivity (Wildman–Crippen MR) is 141 cm³/mol. The van der Waals surface area contributed by atoms with Crippen LogP contribution in [0.4, 0.5) is 11.4 Å². The van der Waals surface area contributed by atoms with Crippen molar-refractivity contribution in [3.63, 3.8) is 0 Å². The third-order valence-electron chi connectivity index (χ3n) is 6.06. The van der Waals surface area contributed by atoms with Gasteiger partial charge in [0.05, 0.1) is 17.9 Å². The number of benzene rings is 2. The van der Waals surface area contributed by atoms with E-state index in [0.29, 0.717) is 35.0 Å². The van der Waals surface area contributed by atoms with Crippen LogP contribution in [0.5, 0.6) is 5.75 Å². The Morgan fingerprint density at radius 2 is 1.89 bits per heavy atom. The summed E-state index contributed by atoms with van der Waals surface area (Å²) in [5.74, 6) is -1.38. The second kappa shape index (κ2) is 10.7. The molecule has 3 aromatic rings. The highest BCUT2D eigenvalue weighted by Gasteiger charge is 2.47. The number of pyridine rings is 1. The van der Waals surface area contributed by atoms with E-state index in [-0.39, 0.29) is 23.2 Å². The molecule has 2 amide bonds. The Labute approximate surface area is 215 Å². The van der Waals surface area contributed by atoms with E-state index in [1.165, 1.54) is 11.8 Å².